The number of primary amides is 1. The number of amides is 1. The summed E-state index contributed by atoms with van der Waals surface area (Å²) in [5.41, 5.74) is 5.62. The molecule has 0 aliphatic rings. The number of nitro groups is 1. The summed E-state index contributed by atoms with van der Waals surface area (Å²) in [5, 5.41) is 10.6. The molecular weight excluding hydrogens is 262 g/mol. The molecule has 102 valence electrons. The van der Waals surface area contributed by atoms with Crippen LogP contribution in [-0.2, 0) is 6.61 Å². The van der Waals surface area contributed by atoms with Crippen LogP contribution in [0.3, 0.4) is 0 Å². The van der Waals surface area contributed by atoms with Gasteiger partial charge >= 0.3 is 0 Å². The van der Waals surface area contributed by atoms with E-state index in [2.05, 4.69) is 4.98 Å². The summed E-state index contributed by atoms with van der Waals surface area (Å²) in [6.07, 6.45) is 1.02. The van der Waals surface area contributed by atoms with E-state index in [1.165, 1.54) is 0 Å². The Labute approximate surface area is 114 Å². The predicted octanol–water partition coefficient (Wildman–Crippen LogP) is 1.67. The molecule has 2 N–H and O–H groups in total. The molecule has 1 aromatic heterocycles. The molecule has 20 heavy (non-hydrogen) atoms. The van der Waals surface area contributed by atoms with Gasteiger partial charge in [0.15, 0.2) is 0 Å². The van der Waals surface area contributed by atoms with Gasteiger partial charge in [0.2, 0.25) is 5.88 Å². The largest absolute Gasteiger partial charge is 0.472 e. The molecule has 1 aromatic carbocycles. The van der Waals surface area contributed by atoms with Gasteiger partial charge in [-0.25, -0.2) is 4.98 Å². The van der Waals surface area contributed by atoms with E-state index in [0.29, 0.717) is 0 Å². The molecule has 7 nitrogen and oxygen atoms in total. The van der Waals surface area contributed by atoms with E-state index < -0.39 is 10.8 Å². The Morgan fingerprint density at radius 3 is 2.65 bits per heavy atom. The monoisotopic (exact) mass is 273 g/mol. The highest BCUT2D eigenvalue weighted by Crippen LogP contribution is 2.21. The molecule has 0 aliphatic carbocycles. The number of carbonyl (C=O) groups is 1. The van der Waals surface area contributed by atoms with E-state index >= 15 is 0 Å². The minimum absolute atomic E-state index is 0.0213. The van der Waals surface area contributed by atoms with Crippen molar-refractivity contribution < 1.29 is 14.5 Å². The Balaban J connectivity index is 2.23. The van der Waals surface area contributed by atoms with Gasteiger partial charge in [0.1, 0.15) is 18.4 Å². The maximum Gasteiger partial charge on any atom is 0.288 e. The fourth-order valence-electron chi connectivity index (χ4n) is 1.56. The van der Waals surface area contributed by atoms with E-state index in [1.807, 2.05) is 30.3 Å². The number of aromatic nitrogens is 1. The number of nitrogens with two attached hydrogens (primary N) is 1. The molecule has 0 saturated heterocycles. The molecule has 2 rings (SSSR count). The van der Waals surface area contributed by atoms with Gasteiger partial charge in [-0.2, -0.15) is 0 Å². The molecule has 0 unspecified atom stereocenters. The smallest absolute Gasteiger partial charge is 0.288 e. The highest BCUT2D eigenvalue weighted by molar-refractivity contribution is 5.95. The van der Waals surface area contributed by atoms with Crippen molar-refractivity contribution in [2.75, 3.05) is 0 Å². The third kappa shape index (κ3) is 3.08. The van der Waals surface area contributed by atoms with Gasteiger partial charge in [0.25, 0.3) is 11.6 Å². The number of carbonyl (C=O) groups excluding carboxylic acids is 1. The summed E-state index contributed by atoms with van der Waals surface area (Å²) in [5.74, 6) is -0.851. The van der Waals surface area contributed by atoms with Crippen molar-refractivity contribution in [1.29, 1.82) is 0 Å². The molecule has 0 bridgehead atoms. The molecule has 0 atom stereocenters. The SMILES string of the molecule is NC(=O)c1cc([N+](=O)[O-])cnc1OCc1ccccc1. The zero-order valence-corrected chi connectivity index (χ0v) is 10.4. The predicted molar refractivity (Wildman–Crippen MR) is 70.2 cm³/mol. The van der Waals surface area contributed by atoms with Crippen LogP contribution in [0, 0.1) is 10.1 Å². The van der Waals surface area contributed by atoms with Crippen LogP contribution in [0.5, 0.6) is 5.88 Å². The number of pyridine rings is 1. The van der Waals surface area contributed by atoms with Crippen LogP contribution in [0.1, 0.15) is 15.9 Å². The van der Waals surface area contributed by atoms with Gasteiger partial charge in [0.05, 0.1) is 4.92 Å². The van der Waals surface area contributed by atoms with E-state index in [-0.39, 0.29) is 23.7 Å². The number of hydrogen-bond acceptors (Lipinski definition) is 5. The molecule has 7 heteroatoms. The van der Waals surface area contributed by atoms with Crippen molar-refractivity contribution in [3.05, 3.63) is 63.8 Å². The van der Waals surface area contributed by atoms with Gasteiger partial charge in [-0.1, -0.05) is 30.3 Å². The average molecular weight is 273 g/mol. The Kier molecular flexibility index (Phi) is 3.90. The first-order chi connectivity index (χ1) is 9.58. The summed E-state index contributed by atoms with van der Waals surface area (Å²) in [6, 6.07) is 10.3. The van der Waals surface area contributed by atoms with Crippen LogP contribution < -0.4 is 10.5 Å². The molecule has 0 aliphatic heterocycles. The molecule has 2 aromatic rings. The molecule has 1 heterocycles. The number of benzene rings is 1. The van der Waals surface area contributed by atoms with Crippen LogP contribution >= 0.6 is 0 Å². The third-order valence-corrected chi connectivity index (χ3v) is 2.53. The zero-order chi connectivity index (χ0) is 14.5. The molecule has 1 amide bonds. The molecule has 0 radical (unpaired) electrons. The Hall–Kier alpha value is -2.96. The van der Waals surface area contributed by atoms with Gasteiger partial charge < -0.3 is 10.5 Å². The second-order valence-electron chi connectivity index (χ2n) is 3.94. The molecule has 0 fully saturated rings. The maximum atomic E-state index is 11.3. The van der Waals surface area contributed by atoms with Crippen LogP contribution in [0.2, 0.25) is 0 Å². The number of hydrogen-bond donors (Lipinski definition) is 1. The fraction of sp³-hybridized carbons (Fsp3) is 0.0769. The Morgan fingerprint density at radius 1 is 1.35 bits per heavy atom. The number of rotatable bonds is 5. The van der Waals surface area contributed by atoms with Crippen molar-refractivity contribution in [2.24, 2.45) is 5.73 Å². The first-order valence-corrected chi connectivity index (χ1v) is 5.69. The Morgan fingerprint density at radius 2 is 2.05 bits per heavy atom. The van der Waals surface area contributed by atoms with Gasteiger partial charge in [-0.15, -0.1) is 0 Å². The van der Waals surface area contributed by atoms with Gasteiger partial charge in [-0.05, 0) is 5.56 Å². The minimum atomic E-state index is -0.829. The van der Waals surface area contributed by atoms with Crippen LogP contribution in [0.25, 0.3) is 0 Å². The zero-order valence-electron chi connectivity index (χ0n) is 10.4. The lowest BCUT2D eigenvalue weighted by Crippen LogP contribution is -2.14. The maximum absolute atomic E-state index is 11.3. The van der Waals surface area contributed by atoms with Gasteiger partial charge in [0, 0.05) is 6.07 Å². The minimum Gasteiger partial charge on any atom is -0.472 e. The van der Waals surface area contributed by atoms with E-state index in [4.69, 9.17) is 10.5 Å². The van der Waals surface area contributed by atoms with Crippen molar-refractivity contribution in [3.8, 4) is 5.88 Å². The first kappa shape index (κ1) is 13.5. The number of ether oxygens (including phenoxy) is 1. The lowest BCUT2D eigenvalue weighted by atomic mass is 10.2. The normalized spacial score (nSPS) is 10.0. The summed E-state index contributed by atoms with van der Waals surface area (Å²) < 4.78 is 5.38. The van der Waals surface area contributed by atoms with E-state index in [1.54, 1.807) is 0 Å². The highest BCUT2D eigenvalue weighted by Gasteiger charge is 2.17. The van der Waals surface area contributed by atoms with Crippen molar-refractivity contribution in [1.82, 2.24) is 4.98 Å². The summed E-state index contributed by atoms with van der Waals surface area (Å²) in [4.78, 5) is 25.0. The van der Waals surface area contributed by atoms with Crippen molar-refractivity contribution in [3.63, 3.8) is 0 Å². The Bertz CT molecular complexity index is 643. The summed E-state index contributed by atoms with van der Waals surface area (Å²) >= 11 is 0. The molecular formula is C13H11N3O4. The summed E-state index contributed by atoms with van der Waals surface area (Å²) in [6.45, 7) is 0.186. The topological polar surface area (TPSA) is 108 Å². The van der Waals surface area contributed by atoms with E-state index in [9.17, 15) is 14.9 Å². The lowest BCUT2D eigenvalue weighted by molar-refractivity contribution is -0.385. The van der Waals surface area contributed by atoms with Crippen LogP contribution in [-0.4, -0.2) is 15.8 Å². The van der Waals surface area contributed by atoms with Crippen LogP contribution in [0.15, 0.2) is 42.6 Å². The third-order valence-electron chi connectivity index (χ3n) is 2.53. The number of nitrogens with zero attached hydrogens (tertiary/aromatic N) is 2. The summed E-state index contributed by atoms with van der Waals surface area (Å²) in [7, 11) is 0. The molecule has 0 saturated carbocycles. The van der Waals surface area contributed by atoms with Gasteiger partial charge in [-0.3, -0.25) is 14.9 Å². The quantitative estimate of drug-likeness (QED) is 0.658. The van der Waals surface area contributed by atoms with Crippen molar-refractivity contribution >= 4 is 11.6 Å². The first-order valence-electron chi connectivity index (χ1n) is 5.69. The molecule has 0 spiro atoms. The average Bonchev–Trinajstić information content (AvgIpc) is 2.45. The van der Waals surface area contributed by atoms with Crippen LogP contribution in [0.4, 0.5) is 5.69 Å². The van der Waals surface area contributed by atoms with Crippen molar-refractivity contribution in [2.45, 2.75) is 6.61 Å². The fourth-order valence-corrected chi connectivity index (χ4v) is 1.56. The second-order valence-corrected chi connectivity index (χ2v) is 3.94. The second kappa shape index (κ2) is 5.79. The van der Waals surface area contributed by atoms with E-state index in [0.717, 1.165) is 17.8 Å². The lowest BCUT2D eigenvalue weighted by Gasteiger charge is -2.08. The highest BCUT2D eigenvalue weighted by atomic mass is 16.6. The standard InChI is InChI=1S/C13H11N3O4/c14-12(17)11-6-10(16(18)19)7-15-13(11)20-8-9-4-2-1-3-5-9/h1-7H,8H2,(H2,14,17).